The fourth-order valence-electron chi connectivity index (χ4n) is 3.08. The fourth-order valence-corrected chi connectivity index (χ4v) is 3.08. The maximum Gasteiger partial charge on any atom is 0.257 e. The van der Waals surface area contributed by atoms with Crippen molar-refractivity contribution in [2.24, 2.45) is 0 Å². The minimum atomic E-state index is 0.00473. The molecule has 0 spiro atoms. The lowest BCUT2D eigenvalue weighted by Crippen LogP contribution is -2.49. The molecule has 1 fully saturated rings. The summed E-state index contributed by atoms with van der Waals surface area (Å²) in [7, 11) is 0. The topological polar surface area (TPSA) is 66.6 Å². The summed E-state index contributed by atoms with van der Waals surface area (Å²) in [6, 6.07) is 10.3. The second kappa shape index (κ2) is 5.92. The number of anilines is 1. The number of aryl methyl sites for hydroxylation is 1. The molecule has 24 heavy (non-hydrogen) atoms. The lowest BCUT2D eigenvalue weighted by Gasteiger charge is -2.36. The van der Waals surface area contributed by atoms with Crippen molar-refractivity contribution in [3.05, 3.63) is 54.1 Å². The van der Waals surface area contributed by atoms with Crippen LogP contribution in [0.15, 0.2) is 42.9 Å². The molecule has 1 saturated heterocycles. The number of hydrogen-bond acceptors (Lipinski definition) is 5. The first-order valence-corrected chi connectivity index (χ1v) is 7.98. The van der Waals surface area contributed by atoms with E-state index in [2.05, 4.69) is 32.1 Å². The van der Waals surface area contributed by atoms with Gasteiger partial charge in [0.1, 0.15) is 6.33 Å². The maximum atomic E-state index is 12.8. The van der Waals surface area contributed by atoms with Crippen molar-refractivity contribution in [1.29, 1.82) is 0 Å². The lowest BCUT2D eigenvalue weighted by molar-refractivity contribution is 0.0745. The molecule has 1 aromatic carbocycles. The minimum absolute atomic E-state index is 0.00473. The number of rotatable bonds is 2. The van der Waals surface area contributed by atoms with E-state index in [0.29, 0.717) is 24.4 Å². The van der Waals surface area contributed by atoms with Crippen LogP contribution in [0.3, 0.4) is 0 Å². The molecule has 122 valence electrons. The van der Waals surface area contributed by atoms with E-state index >= 15 is 0 Å². The van der Waals surface area contributed by atoms with Crippen LogP contribution in [0.4, 0.5) is 5.69 Å². The van der Waals surface area contributed by atoms with Crippen LogP contribution in [0.1, 0.15) is 16.1 Å². The molecule has 1 aliphatic heterocycles. The van der Waals surface area contributed by atoms with Crippen molar-refractivity contribution < 1.29 is 4.79 Å². The maximum absolute atomic E-state index is 12.8. The smallest absolute Gasteiger partial charge is 0.257 e. The number of nitrogens with zero attached hydrogens (tertiary/aromatic N) is 6. The molecule has 0 N–H and O–H groups in total. The Bertz CT molecular complexity index is 867. The Hall–Kier alpha value is -2.96. The number of piperazine rings is 1. The summed E-state index contributed by atoms with van der Waals surface area (Å²) in [5.41, 5.74) is 2.56. The number of amides is 1. The SMILES string of the molecule is Cc1c(C(=O)N2CCN(c3ccccc3)CC2)cnc2ncnn12. The van der Waals surface area contributed by atoms with Crippen LogP contribution >= 0.6 is 0 Å². The van der Waals surface area contributed by atoms with Crippen molar-refractivity contribution in [3.8, 4) is 0 Å². The molecule has 7 nitrogen and oxygen atoms in total. The molecule has 2 aromatic heterocycles. The number of benzene rings is 1. The summed E-state index contributed by atoms with van der Waals surface area (Å²) in [5.74, 6) is 0.517. The molecule has 7 heteroatoms. The first-order chi connectivity index (χ1) is 11.7. The van der Waals surface area contributed by atoms with Gasteiger partial charge in [0.15, 0.2) is 0 Å². The van der Waals surface area contributed by atoms with Crippen LogP contribution in [-0.2, 0) is 0 Å². The molecule has 4 rings (SSSR count). The van der Waals surface area contributed by atoms with Gasteiger partial charge in [-0.2, -0.15) is 10.1 Å². The number of carbonyl (C=O) groups excluding carboxylic acids is 1. The Morgan fingerprint density at radius 2 is 1.79 bits per heavy atom. The van der Waals surface area contributed by atoms with Gasteiger partial charge >= 0.3 is 0 Å². The lowest BCUT2D eigenvalue weighted by atomic mass is 10.2. The highest BCUT2D eigenvalue weighted by Crippen LogP contribution is 2.17. The quantitative estimate of drug-likeness (QED) is 0.713. The number of carbonyl (C=O) groups is 1. The summed E-state index contributed by atoms with van der Waals surface area (Å²) in [5, 5.41) is 4.12. The predicted octanol–water partition coefficient (Wildman–Crippen LogP) is 1.40. The molecular weight excluding hydrogens is 304 g/mol. The summed E-state index contributed by atoms with van der Waals surface area (Å²) in [6.45, 7) is 4.92. The molecule has 1 aliphatic rings. The average molecular weight is 322 g/mol. The van der Waals surface area contributed by atoms with Gasteiger partial charge in [-0.05, 0) is 19.1 Å². The number of para-hydroxylation sites is 1. The highest BCUT2D eigenvalue weighted by molar-refractivity contribution is 5.95. The molecule has 0 aliphatic carbocycles. The zero-order valence-electron chi connectivity index (χ0n) is 13.5. The zero-order valence-corrected chi connectivity index (χ0v) is 13.5. The van der Waals surface area contributed by atoms with Crippen molar-refractivity contribution in [1.82, 2.24) is 24.5 Å². The zero-order chi connectivity index (χ0) is 16.5. The second-order valence-corrected chi connectivity index (χ2v) is 5.84. The van der Waals surface area contributed by atoms with Crippen LogP contribution in [0, 0.1) is 6.92 Å². The van der Waals surface area contributed by atoms with E-state index in [4.69, 9.17) is 0 Å². The molecule has 3 aromatic rings. The van der Waals surface area contributed by atoms with Gasteiger partial charge in [-0.1, -0.05) is 18.2 Å². The van der Waals surface area contributed by atoms with E-state index in [-0.39, 0.29) is 5.91 Å². The normalized spacial score (nSPS) is 15.0. The Morgan fingerprint density at radius 1 is 1.04 bits per heavy atom. The predicted molar refractivity (Wildman–Crippen MR) is 90.1 cm³/mol. The highest BCUT2D eigenvalue weighted by atomic mass is 16.2. The van der Waals surface area contributed by atoms with Gasteiger partial charge in [0, 0.05) is 38.1 Å². The Kier molecular flexibility index (Phi) is 3.60. The van der Waals surface area contributed by atoms with Gasteiger partial charge in [0.25, 0.3) is 11.7 Å². The standard InChI is InChI=1S/C17H18N6O/c1-13-15(11-18-17-19-12-20-23(13)17)16(24)22-9-7-21(8-10-22)14-5-3-2-4-6-14/h2-6,11-12H,7-10H2,1H3. The van der Waals surface area contributed by atoms with Gasteiger partial charge in [-0.25, -0.2) is 9.50 Å². The largest absolute Gasteiger partial charge is 0.368 e. The third-order valence-corrected chi connectivity index (χ3v) is 4.47. The van der Waals surface area contributed by atoms with Crippen LogP contribution in [0.2, 0.25) is 0 Å². The third-order valence-electron chi connectivity index (χ3n) is 4.47. The fraction of sp³-hybridized carbons (Fsp3) is 0.294. The average Bonchev–Trinajstić information content (AvgIpc) is 3.12. The minimum Gasteiger partial charge on any atom is -0.368 e. The van der Waals surface area contributed by atoms with Gasteiger partial charge in [0.05, 0.1) is 11.3 Å². The first-order valence-electron chi connectivity index (χ1n) is 7.98. The van der Waals surface area contributed by atoms with Gasteiger partial charge in [0.2, 0.25) is 0 Å². The summed E-state index contributed by atoms with van der Waals surface area (Å²) >= 11 is 0. The molecule has 0 saturated carbocycles. The van der Waals surface area contributed by atoms with Gasteiger partial charge in [-0.3, -0.25) is 4.79 Å². The summed E-state index contributed by atoms with van der Waals surface area (Å²) in [6.07, 6.45) is 3.05. The molecule has 1 amide bonds. The first kappa shape index (κ1) is 14.6. The van der Waals surface area contributed by atoms with Crippen LogP contribution in [0.25, 0.3) is 5.78 Å². The van der Waals surface area contributed by atoms with Gasteiger partial charge < -0.3 is 9.80 Å². The van der Waals surface area contributed by atoms with E-state index in [1.165, 1.54) is 12.0 Å². The van der Waals surface area contributed by atoms with Crippen molar-refractivity contribution >= 4 is 17.4 Å². The number of fused-ring (bicyclic) bond motifs is 1. The Balaban J connectivity index is 1.50. The van der Waals surface area contributed by atoms with Crippen molar-refractivity contribution in [2.45, 2.75) is 6.92 Å². The van der Waals surface area contributed by atoms with E-state index in [1.807, 2.05) is 30.0 Å². The van der Waals surface area contributed by atoms with Crippen LogP contribution < -0.4 is 4.90 Å². The van der Waals surface area contributed by atoms with E-state index < -0.39 is 0 Å². The molecule has 3 heterocycles. The Morgan fingerprint density at radius 3 is 2.54 bits per heavy atom. The third kappa shape index (κ3) is 2.47. The molecule has 0 unspecified atom stereocenters. The van der Waals surface area contributed by atoms with Crippen molar-refractivity contribution in [3.63, 3.8) is 0 Å². The van der Waals surface area contributed by atoms with Gasteiger partial charge in [-0.15, -0.1) is 0 Å². The van der Waals surface area contributed by atoms with Crippen LogP contribution in [-0.4, -0.2) is 56.6 Å². The second-order valence-electron chi connectivity index (χ2n) is 5.84. The molecule has 0 atom stereocenters. The van der Waals surface area contributed by atoms with Crippen LogP contribution in [0.5, 0.6) is 0 Å². The number of aromatic nitrogens is 4. The molecule has 0 radical (unpaired) electrons. The van der Waals surface area contributed by atoms with E-state index in [9.17, 15) is 4.79 Å². The summed E-state index contributed by atoms with van der Waals surface area (Å²) < 4.78 is 1.60. The molecule has 0 bridgehead atoms. The molecular formula is C17H18N6O. The highest BCUT2D eigenvalue weighted by Gasteiger charge is 2.24. The van der Waals surface area contributed by atoms with Crippen molar-refractivity contribution in [2.75, 3.05) is 31.1 Å². The number of hydrogen-bond donors (Lipinski definition) is 0. The summed E-state index contributed by atoms with van der Waals surface area (Å²) in [4.78, 5) is 25.3. The Labute approximate surface area is 139 Å². The van der Waals surface area contributed by atoms with E-state index in [0.717, 1.165) is 18.8 Å². The van der Waals surface area contributed by atoms with E-state index in [1.54, 1.807) is 10.7 Å². The monoisotopic (exact) mass is 322 g/mol.